The largest absolute Gasteiger partial charge is 0.465 e. The third-order valence-electron chi connectivity index (χ3n) is 2.34. The number of fused-ring (bicyclic) bond motifs is 1. The van der Waals surface area contributed by atoms with E-state index in [4.69, 9.17) is 16.3 Å². The molecule has 0 atom stereocenters. The summed E-state index contributed by atoms with van der Waals surface area (Å²) in [6.45, 7) is 2.44. The molecule has 0 N–H and O–H groups in total. The van der Waals surface area contributed by atoms with Crippen molar-refractivity contribution < 1.29 is 9.53 Å². The summed E-state index contributed by atoms with van der Waals surface area (Å²) < 4.78 is 6.75. The molecule has 16 heavy (non-hydrogen) atoms. The number of hydrogen-bond donors (Lipinski definition) is 0. The van der Waals surface area contributed by atoms with E-state index in [1.165, 1.54) is 0 Å². The Balaban J connectivity index is 2.28. The van der Waals surface area contributed by atoms with E-state index in [1.54, 1.807) is 6.92 Å². The SMILES string of the molecule is CCOC(=O)Cn1ccc2cc(Cl)ccc21. The minimum atomic E-state index is -0.227. The van der Waals surface area contributed by atoms with Gasteiger partial charge in [-0.25, -0.2) is 0 Å². The van der Waals surface area contributed by atoms with Crippen LogP contribution < -0.4 is 0 Å². The average molecular weight is 238 g/mol. The monoisotopic (exact) mass is 237 g/mol. The number of ether oxygens (including phenoxy) is 1. The maximum Gasteiger partial charge on any atom is 0.325 e. The van der Waals surface area contributed by atoms with E-state index >= 15 is 0 Å². The summed E-state index contributed by atoms with van der Waals surface area (Å²) in [6, 6.07) is 7.52. The Bertz CT molecular complexity index is 519. The number of halogens is 1. The Hall–Kier alpha value is -1.48. The van der Waals surface area contributed by atoms with Crippen molar-refractivity contribution in [2.75, 3.05) is 6.61 Å². The highest BCUT2D eigenvalue weighted by Gasteiger charge is 2.06. The Morgan fingerprint density at radius 2 is 2.25 bits per heavy atom. The standard InChI is InChI=1S/C12H12ClNO2/c1-2-16-12(15)8-14-6-5-9-7-10(13)3-4-11(9)14/h3-7H,2,8H2,1H3. The maximum atomic E-state index is 11.4. The first-order valence-corrected chi connectivity index (χ1v) is 5.48. The molecule has 2 aromatic rings. The molecule has 1 heterocycles. The van der Waals surface area contributed by atoms with Gasteiger partial charge in [0.05, 0.1) is 6.61 Å². The summed E-state index contributed by atoms with van der Waals surface area (Å²) >= 11 is 5.88. The van der Waals surface area contributed by atoms with E-state index < -0.39 is 0 Å². The Morgan fingerprint density at radius 1 is 1.44 bits per heavy atom. The molecular formula is C12H12ClNO2. The van der Waals surface area contributed by atoms with Gasteiger partial charge in [-0.15, -0.1) is 0 Å². The number of carbonyl (C=O) groups excluding carboxylic acids is 1. The molecule has 2 rings (SSSR count). The molecule has 0 amide bonds. The number of benzene rings is 1. The number of rotatable bonds is 3. The van der Waals surface area contributed by atoms with E-state index in [0.29, 0.717) is 11.6 Å². The molecule has 0 bridgehead atoms. The van der Waals surface area contributed by atoms with Crippen molar-refractivity contribution in [2.45, 2.75) is 13.5 Å². The van der Waals surface area contributed by atoms with Crippen molar-refractivity contribution in [1.29, 1.82) is 0 Å². The first kappa shape index (κ1) is 11.0. The molecule has 0 aliphatic carbocycles. The van der Waals surface area contributed by atoms with Gasteiger partial charge < -0.3 is 9.30 Å². The molecule has 1 aromatic heterocycles. The van der Waals surface area contributed by atoms with Crippen LogP contribution in [0.25, 0.3) is 10.9 Å². The zero-order valence-corrected chi connectivity index (χ0v) is 9.70. The lowest BCUT2D eigenvalue weighted by Crippen LogP contribution is -2.12. The highest BCUT2D eigenvalue weighted by atomic mass is 35.5. The summed E-state index contributed by atoms with van der Waals surface area (Å²) in [5, 5.41) is 1.72. The quantitative estimate of drug-likeness (QED) is 0.769. The van der Waals surface area contributed by atoms with Crippen LogP contribution in [0.1, 0.15) is 6.92 Å². The van der Waals surface area contributed by atoms with Crippen LogP contribution >= 0.6 is 11.6 Å². The zero-order valence-electron chi connectivity index (χ0n) is 8.94. The fourth-order valence-corrected chi connectivity index (χ4v) is 1.84. The molecule has 0 fully saturated rings. The number of aromatic nitrogens is 1. The summed E-state index contributed by atoms with van der Waals surface area (Å²) in [6.07, 6.45) is 1.86. The molecule has 0 unspecified atom stereocenters. The van der Waals surface area contributed by atoms with E-state index in [2.05, 4.69) is 0 Å². The van der Waals surface area contributed by atoms with Gasteiger partial charge in [-0.2, -0.15) is 0 Å². The maximum absolute atomic E-state index is 11.4. The second kappa shape index (κ2) is 4.58. The molecular weight excluding hydrogens is 226 g/mol. The molecule has 3 nitrogen and oxygen atoms in total. The lowest BCUT2D eigenvalue weighted by molar-refractivity contribution is -0.143. The summed E-state index contributed by atoms with van der Waals surface area (Å²) in [4.78, 5) is 11.4. The van der Waals surface area contributed by atoms with Crippen molar-refractivity contribution in [3.63, 3.8) is 0 Å². The van der Waals surface area contributed by atoms with E-state index in [1.807, 2.05) is 35.0 Å². The topological polar surface area (TPSA) is 31.2 Å². The van der Waals surface area contributed by atoms with Gasteiger partial charge in [0.2, 0.25) is 0 Å². The molecule has 0 saturated carbocycles. The highest BCUT2D eigenvalue weighted by Crippen LogP contribution is 2.20. The second-order valence-electron chi connectivity index (χ2n) is 3.45. The van der Waals surface area contributed by atoms with Crippen LogP contribution in [0.4, 0.5) is 0 Å². The molecule has 1 aromatic carbocycles. The number of esters is 1. The van der Waals surface area contributed by atoms with Gasteiger partial charge in [-0.05, 0) is 31.2 Å². The first-order chi connectivity index (χ1) is 7.70. The first-order valence-electron chi connectivity index (χ1n) is 5.10. The van der Waals surface area contributed by atoms with Crippen LogP contribution in [0, 0.1) is 0 Å². The molecule has 4 heteroatoms. The predicted molar refractivity (Wildman–Crippen MR) is 63.6 cm³/mol. The highest BCUT2D eigenvalue weighted by molar-refractivity contribution is 6.31. The van der Waals surface area contributed by atoms with Gasteiger partial charge in [0.1, 0.15) is 6.54 Å². The van der Waals surface area contributed by atoms with Crippen molar-refractivity contribution in [3.8, 4) is 0 Å². The van der Waals surface area contributed by atoms with Gasteiger partial charge in [0.25, 0.3) is 0 Å². The molecule has 0 spiro atoms. The van der Waals surface area contributed by atoms with Gasteiger partial charge in [0, 0.05) is 22.1 Å². The fraction of sp³-hybridized carbons (Fsp3) is 0.250. The van der Waals surface area contributed by atoms with E-state index in [9.17, 15) is 4.79 Å². The van der Waals surface area contributed by atoms with Crippen LogP contribution in [-0.4, -0.2) is 17.1 Å². The minimum Gasteiger partial charge on any atom is -0.465 e. The van der Waals surface area contributed by atoms with Gasteiger partial charge >= 0.3 is 5.97 Å². The van der Waals surface area contributed by atoms with Crippen LogP contribution in [-0.2, 0) is 16.1 Å². The molecule has 0 saturated heterocycles. The van der Waals surface area contributed by atoms with Crippen LogP contribution in [0.3, 0.4) is 0 Å². The van der Waals surface area contributed by atoms with Crippen molar-refractivity contribution in [1.82, 2.24) is 4.57 Å². The Kier molecular flexibility index (Phi) is 3.15. The lowest BCUT2D eigenvalue weighted by Gasteiger charge is -2.04. The molecule has 84 valence electrons. The predicted octanol–water partition coefficient (Wildman–Crippen LogP) is 2.86. The smallest absolute Gasteiger partial charge is 0.325 e. The number of carbonyl (C=O) groups is 1. The summed E-state index contributed by atoms with van der Waals surface area (Å²) in [5.41, 5.74) is 0.984. The third kappa shape index (κ3) is 2.19. The summed E-state index contributed by atoms with van der Waals surface area (Å²) in [7, 11) is 0. The van der Waals surface area contributed by atoms with Gasteiger partial charge in [-0.3, -0.25) is 4.79 Å². The van der Waals surface area contributed by atoms with Crippen molar-refractivity contribution in [2.24, 2.45) is 0 Å². The van der Waals surface area contributed by atoms with E-state index in [-0.39, 0.29) is 12.5 Å². The lowest BCUT2D eigenvalue weighted by atomic mass is 10.2. The van der Waals surface area contributed by atoms with Gasteiger partial charge in [0.15, 0.2) is 0 Å². The zero-order chi connectivity index (χ0) is 11.5. The normalized spacial score (nSPS) is 10.6. The number of hydrogen-bond acceptors (Lipinski definition) is 2. The van der Waals surface area contributed by atoms with Crippen LogP contribution in [0.5, 0.6) is 0 Å². The molecule has 0 radical (unpaired) electrons. The van der Waals surface area contributed by atoms with Crippen LogP contribution in [0.2, 0.25) is 5.02 Å². The average Bonchev–Trinajstić information content (AvgIpc) is 2.61. The fourth-order valence-electron chi connectivity index (χ4n) is 1.65. The van der Waals surface area contributed by atoms with E-state index in [0.717, 1.165) is 10.9 Å². The van der Waals surface area contributed by atoms with Crippen molar-refractivity contribution >= 4 is 28.5 Å². The van der Waals surface area contributed by atoms with Crippen LogP contribution in [0.15, 0.2) is 30.5 Å². The Labute approximate surface area is 98.6 Å². The minimum absolute atomic E-state index is 0.227. The molecule has 0 aliphatic heterocycles. The summed E-state index contributed by atoms with van der Waals surface area (Å²) in [5.74, 6) is -0.227. The number of nitrogens with zero attached hydrogens (tertiary/aromatic N) is 1. The van der Waals surface area contributed by atoms with Gasteiger partial charge in [-0.1, -0.05) is 11.6 Å². The third-order valence-corrected chi connectivity index (χ3v) is 2.57. The van der Waals surface area contributed by atoms with Crippen molar-refractivity contribution in [3.05, 3.63) is 35.5 Å². The second-order valence-corrected chi connectivity index (χ2v) is 3.89. The Morgan fingerprint density at radius 3 is 3.00 bits per heavy atom. The molecule has 0 aliphatic rings.